The van der Waals surface area contributed by atoms with Crippen molar-refractivity contribution >= 4 is 63.7 Å². The number of carboxylic acid groups (broad SMARTS) is 1. The molecular formula is C20H19N9O5S3. The van der Waals surface area contributed by atoms with Gasteiger partial charge in [0.25, 0.3) is 11.8 Å². The number of nitrogen functional groups attached to an aromatic ring is 1. The number of allylic oxidation sites excluding steroid dienone is 3. The fourth-order valence-electron chi connectivity index (χ4n) is 3.85. The number of carboxylic acids is 1. The van der Waals surface area contributed by atoms with E-state index < -0.39 is 34.9 Å². The quantitative estimate of drug-likeness (QED) is 0.131. The third-order valence-corrected chi connectivity index (χ3v) is 8.18. The van der Waals surface area contributed by atoms with Gasteiger partial charge in [-0.15, -0.1) is 11.8 Å². The summed E-state index contributed by atoms with van der Waals surface area (Å²) in [4.78, 5) is 44.5. The Morgan fingerprint density at radius 3 is 2.89 bits per heavy atom. The number of aliphatic carboxylic acids is 1. The highest BCUT2D eigenvalue weighted by Crippen LogP contribution is 2.41. The number of aromatic nitrogens is 2. The lowest BCUT2D eigenvalue weighted by molar-refractivity contribution is -0.150. The number of carbonyl (C=O) groups excluding carboxylic acids is 2. The number of carbonyl (C=O) groups is 3. The van der Waals surface area contributed by atoms with Crippen molar-refractivity contribution in [2.75, 3.05) is 18.5 Å². The summed E-state index contributed by atoms with van der Waals surface area (Å²) in [6.07, 6.45) is 9.33. The van der Waals surface area contributed by atoms with Crippen LogP contribution in [0.15, 0.2) is 63.3 Å². The summed E-state index contributed by atoms with van der Waals surface area (Å²) < 4.78 is 3.83. The smallest absolute Gasteiger partial charge is 0.352 e. The molecule has 5 heterocycles. The molecule has 0 unspecified atom stereocenters. The molecule has 0 aromatic carbocycles. The van der Waals surface area contributed by atoms with Gasteiger partial charge in [-0.2, -0.15) is 9.36 Å². The van der Waals surface area contributed by atoms with E-state index in [4.69, 9.17) is 5.73 Å². The van der Waals surface area contributed by atoms with E-state index in [-0.39, 0.29) is 16.7 Å². The predicted molar refractivity (Wildman–Crippen MR) is 137 cm³/mol. The first-order valence-electron chi connectivity index (χ1n) is 10.5. The lowest BCUT2D eigenvalue weighted by Gasteiger charge is -2.49. The number of oxime groups is 1. The zero-order valence-corrected chi connectivity index (χ0v) is 21.4. The van der Waals surface area contributed by atoms with E-state index in [1.54, 1.807) is 11.5 Å². The van der Waals surface area contributed by atoms with Crippen LogP contribution in [0.1, 0.15) is 5.82 Å². The molecule has 2 amide bonds. The number of anilines is 1. The van der Waals surface area contributed by atoms with Gasteiger partial charge in [0, 0.05) is 36.7 Å². The van der Waals surface area contributed by atoms with Gasteiger partial charge in [-0.05, 0) is 29.2 Å². The van der Waals surface area contributed by atoms with Crippen molar-refractivity contribution in [3.8, 4) is 0 Å². The van der Waals surface area contributed by atoms with Gasteiger partial charge in [-0.25, -0.2) is 9.80 Å². The van der Waals surface area contributed by atoms with Gasteiger partial charge in [-0.1, -0.05) is 16.9 Å². The SMILES string of the molecule is CN1C=CN2NC(S/C=C/C3=C(C(=O)O)N4C(=O)[C@@H](NC(=O)/C(=N\O)c5nsc(N)n5)[C@@H]4SC3)=CC=C12. The van der Waals surface area contributed by atoms with Crippen LogP contribution in [0.3, 0.4) is 0 Å². The van der Waals surface area contributed by atoms with Crippen LogP contribution in [-0.4, -0.2) is 82.2 Å². The maximum Gasteiger partial charge on any atom is 0.352 e. The second kappa shape index (κ2) is 9.83. The van der Waals surface area contributed by atoms with E-state index >= 15 is 0 Å². The number of nitrogens with zero attached hydrogens (tertiary/aromatic N) is 6. The molecule has 5 rings (SSSR count). The number of amides is 2. The lowest BCUT2D eigenvalue weighted by Crippen LogP contribution is -2.71. The van der Waals surface area contributed by atoms with Crippen molar-refractivity contribution in [1.82, 2.24) is 34.9 Å². The van der Waals surface area contributed by atoms with Gasteiger partial charge in [0.2, 0.25) is 11.5 Å². The average Bonchev–Trinajstić information content (AvgIpc) is 3.47. The number of nitrogens with one attached hydrogen (secondary N) is 2. The Bertz CT molecular complexity index is 1360. The van der Waals surface area contributed by atoms with Gasteiger partial charge in [0.1, 0.15) is 22.9 Å². The molecule has 14 nitrogen and oxygen atoms in total. The number of rotatable bonds is 7. The minimum absolute atomic E-state index is 0.0740. The zero-order chi connectivity index (χ0) is 26.3. The Labute approximate surface area is 222 Å². The molecule has 1 aromatic rings. The van der Waals surface area contributed by atoms with E-state index in [0.717, 1.165) is 27.3 Å². The number of fused-ring (bicyclic) bond motifs is 2. The van der Waals surface area contributed by atoms with Crippen LogP contribution in [0, 0.1) is 0 Å². The van der Waals surface area contributed by atoms with E-state index in [1.807, 2.05) is 41.5 Å². The van der Waals surface area contributed by atoms with Crippen LogP contribution in [0.2, 0.25) is 0 Å². The summed E-state index contributed by atoms with van der Waals surface area (Å²) in [6.45, 7) is 0. The summed E-state index contributed by atoms with van der Waals surface area (Å²) in [5.41, 5.74) is 8.56. The van der Waals surface area contributed by atoms with E-state index in [0.29, 0.717) is 11.3 Å². The Morgan fingerprint density at radius 2 is 2.19 bits per heavy atom. The Balaban J connectivity index is 1.27. The molecule has 192 valence electrons. The highest BCUT2D eigenvalue weighted by molar-refractivity contribution is 8.05. The fraction of sp³-hybridized carbons (Fsp3) is 0.200. The molecule has 2 atom stereocenters. The van der Waals surface area contributed by atoms with Crippen LogP contribution in [-0.2, 0) is 14.4 Å². The van der Waals surface area contributed by atoms with Gasteiger partial charge < -0.3 is 26.3 Å². The van der Waals surface area contributed by atoms with Crippen molar-refractivity contribution in [1.29, 1.82) is 0 Å². The first kappa shape index (κ1) is 24.7. The first-order valence-corrected chi connectivity index (χ1v) is 13.2. The molecule has 0 aliphatic carbocycles. The van der Waals surface area contributed by atoms with E-state index in [1.165, 1.54) is 23.5 Å². The Morgan fingerprint density at radius 1 is 1.38 bits per heavy atom. The molecule has 4 aliphatic rings. The molecule has 0 radical (unpaired) electrons. The number of nitrogens with two attached hydrogens (primary N) is 1. The number of β-lactam (4-membered cyclic amide) rings is 1. The van der Waals surface area contributed by atoms with Crippen LogP contribution in [0.25, 0.3) is 0 Å². The van der Waals surface area contributed by atoms with Crippen LogP contribution in [0.4, 0.5) is 5.13 Å². The molecule has 1 saturated heterocycles. The summed E-state index contributed by atoms with van der Waals surface area (Å²) in [5.74, 6) is -1.63. The Kier molecular flexibility index (Phi) is 6.57. The number of hydrogen-bond acceptors (Lipinski definition) is 14. The summed E-state index contributed by atoms with van der Waals surface area (Å²) in [6, 6.07) is -1.01. The third kappa shape index (κ3) is 4.51. The van der Waals surface area contributed by atoms with Crippen LogP contribution >= 0.6 is 35.1 Å². The average molecular weight is 562 g/mol. The molecule has 0 bridgehead atoms. The normalized spacial score (nSPS) is 22.9. The van der Waals surface area contributed by atoms with Gasteiger partial charge in [-0.3, -0.25) is 19.9 Å². The van der Waals surface area contributed by atoms with Crippen molar-refractivity contribution in [3.63, 3.8) is 0 Å². The molecule has 1 fully saturated rings. The maximum atomic E-state index is 12.9. The summed E-state index contributed by atoms with van der Waals surface area (Å²) in [7, 11) is 1.93. The second-order valence-electron chi connectivity index (χ2n) is 7.81. The van der Waals surface area contributed by atoms with Crippen molar-refractivity contribution in [2.24, 2.45) is 5.16 Å². The standard InChI is InChI=1S/C20H19N9O5S3/c1-27-5-6-28-11(27)3-2-10(24-28)35-7-4-9-8-36-18-13(17(31)29(18)14(9)19(32)33)22-16(30)12(25-34)15-23-20(21)37-26-15/h2-7,13,18,24,34H,8H2,1H3,(H,22,30)(H,32,33)(H2,21,23,26)/b7-4+,25-12-/t13-,18+/m1/s1. The second-order valence-corrected chi connectivity index (χ2v) is 10.6. The monoisotopic (exact) mass is 561 g/mol. The minimum atomic E-state index is -1.25. The first-order chi connectivity index (χ1) is 17.8. The minimum Gasteiger partial charge on any atom is -0.477 e. The molecule has 6 N–H and O–H groups in total. The highest BCUT2D eigenvalue weighted by atomic mass is 32.2. The van der Waals surface area contributed by atoms with E-state index in [2.05, 4.69) is 25.3 Å². The maximum absolute atomic E-state index is 12.9. The Hall–Kier alpha value is -3.96. The van der Waals surface area contributed by atoms with Crippen molar-refractivity contribution in [3.05, 3.63) is 64.0 Å². The van der Waals surface area contributed by atoms with Crippen molar-refractivity contribution < 1.29 is 24.7 Å². The van der Waals surface area contributed by atoms with Crippen molar-refractivity contribution in [2.45, 2.75) is 11.4 Å². The summed E-state index contributed by atoms with van der Waals surface area (Å²) in [5, 5.41) is 28.4. The topological polar surface area (TPSA) is 190 Å². The largest absolute Gasteiger partial charge is 0.477 e. The molecule has 0 spiro atoms. The van der Waals surface area contributed by atoms with Crippen LogP contribution < -0.4 is 16.5 Å². The molecular weight excluding hydrogens is 542 g/mol. The molecule has 37 heavy (non-hydrogen) atoms. The van der Waals surface area contributed by atoms with Gasteiger partial charge in [0.05, 0.1) is 5.03 Å². The number of hydrogen-bond donors (Lipinski definition) is 5. The molecule has 17 heteroatoms. The number of thioether (sulfide) groups is 2. The number of hydrazine groups is 1. The molecule has 1 aromatic heterocycles. The summed E-state index contributed by atoms with van der Waals surface area (Å²) >= 11 is 3.49. The van der Waals surface area contributed by atoms with Gasteiger partial charge in [0.15, 0.2) is 5.13 Å². The highest BCUT2D eigenvalue weighted by Gasteiger charge is 2.54. The van der Waals surface area contributed by atoms with Crippen LogP contribution in [0.5, 0.6) is 0 Å². The van der Waals surface area contributed by atoms with Gasteiger partial charge >= 0.3 is 5.97 Å². The van der Waals surface area contributed by atoms with E-state index in [9.17, 15) is 24.7 Å². The molecule has 4 aliphatic heterocycles. The lowest BCUT2D eigenvalue weighted by atomic mass is 10.0. The zero-order valence-electron chi connectivity index (χ0n) is 18.9. The predicted octanol–water partition coefficient (Wildman–Crippen LogP) is 0.204. The molecule has 0 saturated carbocycles. The third-order valence-electron chi connectivity index (χ3n) is 5.58. The fourth-order valence-corrected chi connectivity index (χ4v) is 6.28.